The molecular weight excluding hydrogens is 158 g/mol. The topological polar surface area (TPSA) is 30.2 Å². The van der Waals surface area contributed by atoms with Gasteiger partial charge in [0.1, 0.15) is 5.03 Å². The molecule has 0 saturated carbocycles. The quantitative estimate of drug-likeness (QED) is 0.599. The number of hydrogen-bond acceptors (Lipinski definition) is 3. The second kappa shape index (κ2) is 2.54. The molecule has 11 heavy (non-hydrogen) atoms. The van der Waals surface area contributed by atoms with Gasteiger partial charge in [-0.1, -0.05) is 0 Å². The standard InChI is InChI=1S/C7H7N3S/c1-11-7-5-10-6(4-8-7)2-3-9-10/h2-5H,1H3. The molecule has 0 saturated heterocycles. The minimum absolute atomic E-state index is 0.987. The normalized spacial score (nSPS) is 10.6. The number of nitrogens with zero attached hydrogens (tertiary/aromatic N) is 3. The second-order valence-corrected chi connectivity index (χ2v) is 2.96. The van der Waals surface area contributed by atoms with Crippen molar-refractivity contribution in [2.24, 2.45) is 0 Å². The zero-order valence-corrected chi connectivity index (χ0v) is 6.88. The van der Waals surface area contributed by atoms with Gasteiger partial charge in [-0.2, -0.15) is 5.10 Å². The molecule has 0 aromatic carbocycles. The first-order valence-electron chi connectivity index (χ1n) is 3.23. The third kappa shape index (κ3) is 1.09. The van der Waals surface area contributed by atoms with Crippen molar-refractivity contribution in [3.63, 3.8) is 0 Å². The molecule has 0 radical (unpaired) electrons. The van der Waals surface area contributed by atoms with Crippen molar-refractivity contribution >= 4 is 17.3 Å². The van der Waals surface area contributed by atoms with Gasteiger partial charge in [0.05, 0.1) is 24.1 Å². The van der Waals surface area contributed by atoms with Crippen molar-refractivity contribution < 1.29 is 0 Å². The molecule has 0 aliphatic rings. The van der Waals surface area contributed by atoms with E-state index in [1.165, 1.54) is 0 Å². The highest BCUT2D eigenvalue weighted by Crippen LogP contribution is 2.10. The second-order valence-electron chi connectivity index (χ2n) is 2.13. The van der Waals surface area contributed by atoms with Gasteiger partial charge >= 0.3 is 0 Å². The molecule has 0 aliphatic carbocycles. The molecule has 3 nitrogen and oxygen atoms in total. The van der Waals surface area contributed by atoms with Gasteiger partial charge in [0.15, 0.2) is 0 Å². The number of aromatic nitrogens is 3. The molecule has 4 heteroatoms. The van der Waals surface area contributed by atoms with Crippen LogP contribution >= 0.6 is 11.8 Å². The maximum atomic E-state index is 4.20. The highest BCUT2D eigenvalue weighted by Gasteiger charge is 1.94. The molecule has 2 heterocycles. The molecule has 0 bridgehead atoms. The SMILES string of the molecule is CSc1cn2nccc2cn1. The van der Waals surface area contributed by atoms with Crippen LogP contribution in [-0.4, -0.2) is 20.9 Å². The van der Waals surface area contributed by atoms with Crippen molar-refractivity contribution in [2.45, 2.75) is 5.03 Å². The molecule has 0 unspecified atom stereocenters. The molecular formula is C7H7N3S. The van der Waals surface area contributed by atoms with Crippen LogP contribution < -0.4 is 0 Å². The van der Waals surface area contributed by atoms with E-state index < -0.39 is 0 Å². The Labute approximate surface area is 68.4 Å². The summed E-state index contributed by atoms with van der Waals surface area (Å²) in [6.07, 6.45) is 7.50. The Kier molecular flexibility index (Phi) is 1.54. The lowest BCUT2D eigenvalue weighted by atomic mass is 10.5. The van der Waals surface area contributed by atoms with Crippen LogP contribution in [0.2, 0.25) is 0 Å². The van der Waals surface area contributed by atoms with Crippen molar-refractivity contribution in [1.29, 1.82) is 0 Å². The van der Waals surface area contributed by atoms with Crippen LogP contribution in [-0.2, 0) is 0 Å². The average molecular weight is 165 g/mol. The van der Waals surface area contributed by atoms with Crippen molar-refractivity contribution in [1.82, 2.24) is 14.6 Å². The Hall–Kier alpha value is -1.03. The van der Waals surface area contributed by atoms with Crippen molar-refractivity contribution in [3.05, 3.63) is 24.7 Å². The predicted molar refractivity (Wildman–Crippen MR) is 44.8 cm³/mol. The Morgan fingerprint density at radius 1 is 1.55 bits per heavy atom. The Morgan fingerprint density at radius 3 is 3.27 bits per heavy atom. The fourth-order valence-electron chi connectivity index (χ4n) is 0.908. The van der Waals surface area contributed by atoms with Gasteiger partial charge in [0, 0.05) is 0 Å². The van der Waals surface area contributed by atoms with Gasteiger partial charge in [-0.15, -0.1) is 11.8 Å². The summed E-state index contributed by atoms with van der Waals surface area (Å²) in [4.78, 5) is 4.20. The molecule has 2 aromatic heterocycles. The van der Waals surface area contributed by atoms with Crippen LogP contribution in [0.15, 0.2) is 29.7 Å². The largest absolute Gasteiger partial charge is 0.246 e. The van der Waals surface area contributed by atoms with Crippen LogP contribution in [0.3, 0.4) is 0 Å². The van der Waals surface area contributed by atoms with E-state index in [1.54, 1.807) is 18.0 Å². The van der Waals surface area contributed by atoms with E-state index in [-0.39, 0.29) is 0 Å². The third-order valence-corrected chi connectivity index (χ3v) is 2.10. The maximum Gasteiger partial charge on any atom is 0.114 e. The molecule has 2 aromatic rings. The zero-order valence-electron chi connectivity index (χ0n) is 6.06. The smallest absolute Gasteiger partial charge is 0.114 e. The van der Waals surface area contributed by atoms with E-state index in [2.05, 4.69) is 10.1 Å². The van der Waals surface area contributed by atoms with E-state index in [0.29, 0.717) is 0 Å². The van der Waals surface area contributed by atoms with Crippen molar-refractivity contribution in [3.8, 4) is 0 Å². The summed E-state index contributed by atoms with van der Waals surface area (Å²) in [5.74, 6) is 0. The first-order chi connectivity index (χ1) is 5.40. The van der Waals surface area contributed by atoms with Gasteiger partial charge in [0.2, 0.25) is 0 Å². The molecule has 0 amide bonds. The Bertz CT molecular complexity index is 368. The molecule has 0 spiro atoms. The lowest BCUT2D eigenvalue weighted by Crippen LogP contribution is -1.88. The highest BCUT2D eigenvalue weighted by atomic mass is 32.2. The van der Waals surface area contributed by atoms with Gasteiger partial charge in [-0.3, -0.25) is 0 Å². The number of thioether (sulfide) groups is 1. The van der Waals surface area contributed by atoms with Crippen LogP contribution in [0.25, 0.3) is 5.52 Å². The minimum Gasteiger partial charge on any atom is -0.246 e. The fraction of sp³-hybridized carbons (Fsp3) is 0.143. The Morgan fingerprint density at radius 2 is 2.45 bits per heavy atom. The summed E-state index contributed by atoms with van der Waals surface area (Å²) >= 11 is 1.62. The molecule has 2 rings (SSSR count). The van der Waals surface area contributed by atoms with E-state index >= 15 is 0 Å². The average Bonchev–Trinajstić information content (AvgIpc) is 2.50. The van der Waals surface area contributed by atoms with Gasteiger partial charge < -0.3 is 0 Å². The molecule has 0 fully saturated rings. The molecule has 0 atom stereocenters. The molecule has 56 valence electrons. The molecule has 0 N–H and O–H groups in total. The van der Waals surface area contributed by atoms with E-state index in [9.17, 15) is 0 Å². The summed E-state index contributed by atoms with van der Waals surface area (Å²) in [7, 11) is 0. The fourth-order valence-corrected chi connectivity index (χ4v) is 1.27. The first-order valence-corrected chi connectivity index (χ1v) is 4.46. The van der Waals surface area contributed by atoms with E-state index in [1.807, 2.05) is 29.2 Å². The summed E-state index contributed by atoms with van der Waals surface area (Å²) in [5, 5.41) is 5.08. The number of hydrogen-bond donors (Lipinski definition) is 0. The summed E-state index contributed by atoms with van der Waals surface area (Å²) < 4.78 is 1.82. The highest BCUT2D eigenvalue weighted by molar-refractivity contribution is 7.98. The van der Waals surface area contributed by atoms with Gasteiger partial charge in [-0.25, -0.2) is 9.50 Å². The summed E-state index contributed by atoms with van der Waals surface area (Å²) in [5.41, 5.74) is 1.03. The lowest BCUT2D eigenvalue weighted by Gasteiger charge is -1.94. The number of fused-ring (bicyclic) bond motifs is 1. The summed E-state index contributed by atoms with van der Waals surface area (Å²) in [6, 6.07) is 1.93. The molecule has 0 aliphatic heterocycles. The first kappa shape index (κ1) is 6.67. The monoisotopic (exact) mass is 165 g/mol. The van der Waals surface area contributed by atoms with Gasteiger partial charge in [0.25, 0.3) is 0 Å². The zero-order chi connectivity index (χ0) is 7.68. The third-order valence-electron chi connectivity index (χ3n) is 1.47. The predicted octanol–water partition coefficient (Wildman–Crippen LogP) is 1.45. The maximum absolute atomic E-state index is 4.20. The van der Waals surface area contributed by atoms with Crippen LogP contribution in [0, 0.1) is 0 Å². The van der Waals surface area contributed by atoms with Crippen LogP contribution in [0.5, 0.6) is 0 Å². The van der Waals surface area contributed by atoms with E-state index in [4.69, 9.17) is 0 Å². The van der Waals surface area contributed by atoms with Crippen LogP contribution in [0.1, 0.15) is 0 Å². The van der Waals surface area contributed by atoms with Crippen molar-refractivity contribution in [2.75, 3.05) is 6.26 Å². The Balaban J connectivity index is 2.67. The van der Waals surface area contributed by atoms with Crippen LogP contribution in [0.4, 0.5) is 0 Å². The van der Waals surface area contributed by atoms with E-state index in [0.717, 1.165) is 10.5 Å². The lowest BCUT2D eigenvalue weighted by molar-refractivity contribution is 0.904. The van der Waals surface area contributed by atoms with Gasteiger partial charge in [-0.05, 0) is 12.3 Å². The minimum atomic E-state index is 0.987. The summed E-state index contributed by atoms with van der Waals surface area (Å²) in [6.45, 7) is 0. The number of rotatable bonds is 1.